The van der Waals surface area contributed by atoms with E-state index >= 15 is 0 Å². The van der Waals surface area contributed by atoms with Gasteiger partial charge in [0.15, 0.2) is 0 Å². The lowest BCUT2D eigenvalue weighted by atomic mass is 9.32. The number of anilines is 9. The van der Waals surface area contributed by atoms with Crippen LogP contribution in [0.15, 0.2) is 274 Å². The zero-order chi connectivity index (χ0) is 48.4. The van der Waals surface area contributed by atoms with Gasteiger partial charge in [-0.25, -0.2) is 0 Å². The van der Waals surface area contributed by atoms with Gasteiger partial charge in [-0.05, 0) is 125 Å². The summed E-state index contributed by atoms with van der Waals surface area (Å²) in [6, 6.07) is 94.6. The molecule has 1 aromatic heterocycles. The van der Waals surface area contributed by atoms with Crippen molar-refractivity contribution in [3.63, 3.8) is 0 Å². The molecule has 0 unspecified atom stereocenters. The summed E-state index contributed by atoms with van der Waals surface area (Å²) in [5, 5.41) is 2.52. The minimum atomic E-state index is 0.0110. The quantitative estimate of drug-likeness (QED) is 0.154. The molecule has 0 saturated carbocycles. The van der Waals surface area contributed by atoms with Crippen molar-refractivity contribution >= 4 is 143 Å². The summed E-state index contributed by atoms with van der Waals surface area (Å²) < 4.78 is 2.48. The zero-order valence-corrected chi connectivity index (χ0v) is 41.6. The molecule has 0 bridgehead atoms. The summed E-state index contributed by atoms with van der Waals surface area (Å²) in [7, 11) is 0. The van der Waals surface area contributed by atoms with Crippen LogP contribution < -0.4 is 47.5 Å². The fraction of sp³-hybridized carbons (Fsp3) is 0. The van der Waals surface area contributed by atoms with E-state index in [0.717, 1.165) is 34.1 Å². The van der Waals surface area contributed by atoms with Gasteiger partial charge in [0, 0.05) is 87.2 Å². The highest BCUT2D eigenvalue weighted by atomic mass is 32.2. The van der Waals surface area contributed by atoms with Crippen molar-refractivity contribution in [2.75, 3.05) is 14.7 Å². The first kappa shape index (κ1) is 42.0. The molecule has 4 nitrogen and oxygen atoms in total. The summed E-state index contributed by atoms with van der Waals surface area (Å²) >= 11 is 3.87. The van der Waals surface area contributed by atoms with Crippen LogP contribution >= 0.6 is 23.5 Å². The van der Waals surface area contributed by atoms with Gasteiger partial charge in [0.1, 0.15) is 0 Å². The third-order valence-electron chi connectivity index (χ3n) is 15.6. The first-order valence-corrected chi connectivity index (χ1v) is 27.0. The third kappa shape index (κ3) is 6.22. The van der Waals surface area contributed by atoms with E-state index in [4.69, 9.17) is 0 Å². The van der Waals surface area contributed by atoms with Crippen molar-refractivity contribution in [3.8, 4) is 5.69 Å². The molecule has 11 aromatic carbocycles. The Hall–Kier alpha value is -8.55. The molecule has 5 heterocycles. The van der Waals surface area contributed by atoms with Gasteiger partial charge in [-0.3, -0.25) is 0 Å². The van der Waals surface area contributed by atoms with E-state index in [1.165, 1.54) is 96.9 Å². The second-order valence-corrected chi connectivity index (χ2v) is 21.8. The Morgan fingerprint density at radius 3 is 1.26 bits per heavy atom. The first-order valence-electron chi connectivity index (χ1n) is 25.4. The second kappa shape index (κ2) is 16.5. The van der Waals surface area contributed by atoms with Gasteiger partial charge in [-0.15, -0.1) is 0 Å². The highest BCUT2D eigenvalue weighted by Gasteiger charge is 2.46. The predicted octanol–water partition coefficient (Wildman–Crippen LogP) is 13.8. The maximum absolute atomic E-state index is 2.62. The van der Waals surface area contributed by atoms with E-state index in [-0.39, 0.29) is 13.4 Å². The van der Waals surface area contributed by atoms with Crippen LogP contribution in [0, 0.1) is 0 Å². The SMILES string of the molecule is c1ccc(N(c2ccccc2)c2cc3c4c(c2)N(c2ccccc2)c2ccccc2B4c2cc4c(cc2S3)Sc2cc(-n3c5ccccc5c5ccccc53)cc3c2B4c2ccccc2N3c2ccccc2)cc1. The molecule has 0 radical (unpaired) electrons. The van der Waals surface area contributed by atoms with Crippen LogP contribution in [0.3, 0.4) is 0 Å². The van der Waals surface area contributed by atoms with Crippen molar-refractivity contribution < 1.29 is 0 Å². The van der Waals surface area contributed by atoms with Gasteiger partial charge in [0.25, 0.3) is 0 Å². The van der Waals surface area contributed by atoms with E-state index in [9.17, 15) is 0 Å². The van der Waals surface area contributed by atoms with E-state index in [2.05, 4.69) is 274 Å². The normalized spacial score (nSPS) is 13.5. The highest BCUT2D eigenvalue weighted by Crippen LogP contribution is 2.49. The van der Waals surface area contributed by atoms with Crippen molar-refractivity contribution in [1.82, 2.24) is 4.57 Å². The number of aromatic nitrogens is 1. The van der Waals surface area contributed by atoms with E-state index < -0.39 is 0 Å². The van der Waals surface area contributed by atoms with Gasteiger partial charge in [-0.2, -0.15) is 0 Å². The van der Waals surface area contributed by atoms with E-state index in [1.807, 2.05) is 23.5 Å². The van der Waals surface area contributed by atoms with Gasteiger partial charge < -0.3 is 19.3 Å². The Morgan fingerprint density at radius 2 is 0.730 bits per heavy atom. The van der Waals surface area contributed by atoms with Crippen molar-refractivity contribution in [1.29, 1.82) is 0 Å². The lowest BCUT2D eigenvalue weighted by Gasteiger charge is -2.43. The van der Waals surface area contributed by atoms with Crippen LogP contribution in [-0.4, -0.2) is 18.0 Å². The molecule has 0 spiro atoms. The maximum atomic E-state index is 2.62. The average molecular weight is 977 g/mol. The summed E-state index contributed by atoms with van der Waals surface area (Å²) in [6.07, 6.45) is 0. The predicted molar refractivity (Wildman–Crippen MR) is 315 cm³/mol. The molecular weight excluding hydrogens is 935 g/mol. The molecule has 4 aliphatic rings. The number of para-hydroxylation sites is 8. The first-order chi connectivity index (χ1) is 36.7. The van der Waals surface area contributed by atoms with E-state index in [0.29, 0.717) is 0 Å². The number of fused-ring (bicyclic) bond motifs is 11. The molecule has 0 N–H and O–H groups in total. The minimum absolute atomic E-state index is 0.0110. The number of hydrogen-bond donors (Lipinski definition) is 0. The molecule has 8 heteroatoms. The molecule has 344 valence electrons. The maximum Gasteiger partial charge on any atom is 0.249 e. The Balaban J connectivity index is 0.943. The van der Waals surface area contributed by atoms with Gasteiger partial charge in [0.2, 0.25) is 13.4 Å². The zero-order valence-electron chi connectivity index (χ0n) is 40.0. The van der Waals surface area contributed by atoms with Gasteiger partial charge in [-0.1, -0.05) is 186 Å². The number of benzene rings is 11. The third-order valence-corrected chi connectivity index (χ3v) is 17.9. The van der Waals surface area contributed by atoms with Gasteiger partial charge in [0.05, 0.1) is 11.0 Å². The van der Waals surface area contributed by atoms with Crippen LogP contribution in [-0.2, 0) is 0 Å². The number of rotatable bonds is 6. The smallest absolute Gasteiger partial charge is 0.249 e. The topological polar surface area (TPSA) is 14.7 Å². The summed E-state index contributed by atoms with van der Waals surface area (Å²) in [4.78, 5) is 12.6. The fourth-order valence-corrected chi connectivity index (χ4v) is 15.1. The van der Waals surface area contributed by atoms with Crippen molar-refractivity contribution in [2.45, 2.75) is 19.6 Å². The minimum Gasteiger partial charge on any atom is -0.311 e. The van der Waals surface area contributed by atoms with Crippen LogP contribution in [0.1, 0.15) is 0 Å². The van der Waals surface area contributed by atoms with Crippen molar-refractivity contribution in [3.05, 3.63) is 255 Å². The van der Waals surface area contributed by atoms with Crippen LogP contribution in [0.2, 0.25) is 0 Å². The number of nitrogens with zero attached hydrogens (tertiary/aromatic N) is 4. The highest BCUT2D eigenvalue weighted by molar-refractivity contribution is 8.01. The standard InChI is InChI=1S/C66H42B2N4S2/c1-5-21-43(22-6-1)69(44-23-7-2-8-24-44)47-37-59-65-63(39-47)73-61-42-62-54(41-53(61)67(65)51-31-15-19-35-57(51)70(59)45-25-9-3-10-26-45)68-52-32-16-20-36-58(52)71(46-27-11-4-12-28-46)60-38-48(40-64(74-62)66(60)68)72-55-33-17-13-29-49(55)50-30-14-18-34-56(50)72/h1-42H. The molecule has 0 amide bonds. The van der Waals surface area contributed by atoms with Crippen molar-refractivity contribution in [2.24, 2.45) is 0 Å². The Morgan fingerprint density at radius 1 is 0.297 bits per heavy atom. The fourth-order valence-electron chi connectivity index (χ4n) is 12.6. The van der Waals surface area contributed by atoms with Gasteiger partial charge >= 0.3 is 0 Å². The van der Waals surface area contributed by atoms with Crippen LogP contribution in [0.4, 0.5) is 51.2 Å². The molecule has 4 aliphatic heterocycles. The molecule has 12 aromatic rings. The largest absolute Gasteiger partial charge is 0.311 e. The monoisotopic (exact) mass is 976 g/mol. The number of hydrogen-bond acceptors (Lipinski definition) is 5. The molecule has 0 fully saturated rings. The Bertz CT molecular complexity index is 4150. The molecule has 16 rings (SSSR count). The summed E-state index contributed by atoms with van der Waals surface area (Å²) in [5.41, 5.74) is 22.2. The lowest BCUT2D eigenvalue weighted by molar-refractivity contribution is 1.15. The molecule has 0 atom stereocenters. The Labute approximate surface area is 439 Å². The molecule has 74 heavy (non-hydrogen) atoms. The van der Waals surface area contributed by atoms with E-state index in [1.54, 1.807) is 0 Å². The summed E-state index contributed by atoms with van der Waals surface area (Å²) in [5.74, 6) is 0. The Kier molecular flexibility index (Phi) is 9.36. The second-order valence-electron chi connectivity index (χ2n) is 19.6. The average Bonchev–Trinajstić information content (AvgIpc) is 3.87. The molecular formula is C66H42B2N4S2. The van der Waals surface area contributed by atoms with Crippen LogP contribution in [0.5, 0.6) is 0 Å². The van der Waals surface area contributed by atoms with Crippen LogP contribution in [0.25, 0.3) is 27.5 Å². The molecule has 0 aliphatic carbocycles. The lowest BCUT2D eigenvalue weighted by Crippen LogP contribution is -2.63. The summed E-state index contributed by atoms with van der Waals surface area (Å²) in [6.45, 7) is 0.0278. The molecule has 0 saturated heterocycles.